The van der Waals surface area contributed by atoms with E-state index in [1.165, 1.54) is 11.1 Å². The molecule has 22 heavy (non-hydrogen) atoms. The van der Waals surface area contributed by atoms with Crippen molar-refractivity contribution >= 4 is 23.6 Å². The van der Waals surface area contributed by atoms with Gasteiger partial charge in [0.05, 0.1) is 29.3 Å². The van der Waals surface area contributed by atoms with Gasteiger partial charge in [-0.05, 0) is 26.8 Å². The molecule has 1 aliphatic heterocycles. The Labute approximate surface area is 128 Å². The largest absolute Gasteiger partial charge is 0.465 e. The number of pyridine rings is 1. The molecule has 4 N–H and O–H groups in total. The van der Waals surface area contributed by atoms with E-state index in [9.17, 15) is 14.7 Å². The first-order chi connectivity index (χ1) is 10.2. The smallest absolute Gasteiger partial charge is 0.409 e. The lowest BCUT2D eigenvalue weighted by Crippen LogP contribution is -2.55. The Kier molecular flexibility index (Phi) is 4.11. The van der Waals surface area contributed by atoms with E-state index in [1.54, 1.807) is 6.07 Å². The Morgan fingerprint density at radius 2 is 2.09 bits per heavy atom. The van der Waals surface area contributed by atoms with Crippen LogP contribution >= 0.6 is 0 Å². The minimum Gasteiger partial charge on any atom is -0.465 e. The number of hydrogen-bond acceptors (Lipinski definition) is 4. The molecule has 0 radical (unpaired) electrons. The fraction of sp³-hybridized carbons (Fsp3) is 0.500. The zero-order chi connectivity index (χ0) is 16.5. The normalized spacial score (nSPS) is 17.1. The summed E-state index contributed by atoms with van der Waals surface area (Å²) in [5.74, 6) is 0. The number of anilines is 2. The summed E-state index contributed by atoms with van der Waals surface area (Å²) in [5, 5.41) is 23.5. The van der Waals surface area contributed by atoms with Crippen molar-refractivity contribution < 1.29 is 19.8 Å². The van der Waals surface area contributed by atoms with Crippen LogP contribution < -0.4 is 10.6 Å². The molecule has 0 spiro atoms. The summed E-state index contributed by atoms with van der Waals surface area (Å²) in [4.78, 5) is 27.8. The van der Waals surface area contributed by atoms with Crippen LogP contribution in [0.1, 0.15) is 26.5 Å². The van der Waals surface area contributed by atoms with Crippen molar-refractivity contribution in [1.82, 2.24) is 9.88 Å². The summed E-state index contributed by atoms with van der Waals surface area (Å²) in [6.07, 6.45) is -0.203. The zero-order valence-electron chi connectivity index (χ0n) is 12.8. The topological polar surface area (TPSA) is 115 Å². The van der Waals surface area contributed by atoms with Gasteiger partial charge in [-0.15, -0.1) is 0 Å². The van der Waals surface area contributed by atoms with Gasteiger partial charge in [-0.25, -0.2) is 9.59 Å². The van der Waals surface area contributed by atoms with Gasteiger partial charge in [0.15, 0.2) is 0 Å². The first-order valence-corrected chi connectivity index (χ1v) is 6.93. The quantitative estimate of drug-likeness (QED) is 0.666. The van der Waals surface area contributed by atoms with E-state index < -0.39 is 17.7 Å². The van der Waals surface area contributed by atoms with Gasteiger partial charge in [-0.2, -0.15) is 0 Å². The van der Waals surface area contributed by atoms with Crippen LogP contribution in [0.4, 0.5) is 21.0 Å². The first-order valence-electron chi connectivity index (χ1n) is 6.93. The molecule has 0 saturated carbocycles. The third kappa shape index (κ3) is 3.38. The molecule has 0 aliphatic carbocycles. The highest BCUT2D eigenvalue weighted by Gasteiger charge is 2.35. The zero-order valence-corrected chi connectivity index (χ0v) is 12.8. The highest BCUT2D eigenvalue weighted by atomic mass is 16.4. The molecule has 2 heterocycles. The molecule has 120 valence electrons. The molecule has 8 heteroatoms. The van der Waals surface area contributed by atoms with Crippen LogP contribution in [0.15, 0.2) is 12.3 Å². The number of fused-ring (bicyclic) bond motifs is 1. The van der Waals surface area contributed by atoms with Gasteiger partial charge in [0.25, 0.3) is 0 Å². The first kappa shape index (κ1) is 15.9. The van der Waals surface area contributed by atoms with E-state index in [-0.39, 0.29) is 6.04 Å². The van der Waals surface area contributed by atoms with Gasteiger partial charge in [-0.1, -0.05) is 0 Å². The van der Waals surface area contributed by atoms with Gasteiger partial charge in [-0.3, -0.25) is 15.2 Å². The number of rotatable bonds is 2. The molecule has 0 saturated heterocycles. The van der Waals surface area contributed by atoms with Gasteiger partial charge in [0, 0.05) is 18.5 Å². The van der Waals surface area contributed by atoms with E-state index in [0.717, 1.165) is 11.4 Å². The second-order valence-corrected chi connectivity index (χ2v) is 6.21. The molecule has 2 amide bonds. The monoisotopic (exact) mass is 308 g/mol. The minimum atomic E-state index is -1.15. The van der Waals surface area contributed by atoms with E-state index in [2.05, 4.69) is 15.6 Å². The number of amides is 2. The second kappa shape index (κ2) is 5.70. The molecule has 1 aliphatic rings. The summed E-state index contributed by atoms with van der Waals surface area (Å²) >= 11 is 0. The van der Waals surface area contributed by atoms with Crippen molar-refractivity contribution in [3.05, 3.63) is 18.0 Å². The second-order valence-electron chi connectivity index (χ2n) is 6.21. The highest BCUT2D eigenvalue weighted by Crippen LogP contribution is 2.28. The molecule has 1 aromatic rings. The van der Waals surface area contributed by atoms with E-state index in [0.29, 0.717) is 18.7 Å². The standard InChI is InChI=1S/C14H20N4O4/c1-14(2,3)18(13(21)22)9-5-11-10(16-7-9)4-8(6-15-11)17-12(19)20/h4,6,9,16-17H,5,7H2,1-3H3,(H,19,20)(H,21,22). The highest BCUT2D eigenvalue weighted by molar-refractivity contribution is 5.83. The van der Waals surface area contributed by atoms with E-state index >= 15 is 0 Å². The van der Waals surface area contributed by atoms with Crippen molar-refractivity contribution in [3.63, 3.8) is 0 Å². The number of carboxylic acid groups (broad SMARTS) is 2. The van der Waals surface area contributed by atoms with Crippen LogP contribution in [-0.4, -0.2) is 50.4 Å². The van der Waals surface area contributed by atoms with E-state index in [1.807, 2.05) is 20.8 Å². The van der Waals surface area contributed by atoms with Crippen molar-refractivity contribution in [2.45, 2.75) is 38.8 Å². The van der Waals surface area contributed by atoms with Crippen molar-refractivity contribution in [2.75, 3.05) is 17.2 Å². The molecule has 0 aromatic carbocycles. The lowest BCUT2D eigenvalue weighted by Gasteiger charge is -2.41. The van der Waals surface area contributed by atoms with Gasteiger partial charge in [0.1, 0.15) is 0 Å². The third-order valence-corrected chi connectivity index (χ3v) is 3.47. The number of nitrogens with zero attached hydrogens (tertiary/aromatic N) is 2. The predicted octanol–water partition coefficient (Wildman–Crippen LogP) is 2.29. The van der Waals surface area contributed by atoms with Crippen molar-refractivity contribution in [2.24, 2.45) is 0 Å². The number of nitrogens with one attached hydrogen (secondary N) is 2. The Hall–Kier alpha value is -2.51. The summed E-state index contributed by atoms with van der Waals surface area (Å²) in [5.41, 5.74) is 1.31. The molecule has 2 rings (SSSR count). The van der Waals surface area contributed by atoms with E-state index in [4.69, 9.17) is 5.11 Å². The fourth-order valence-corrected chi connectivity index (χ4v) is 2.70. The van der Waals surface area contributed by atoms with Crippen molar-refractivity contribution in [3.8, 4) is 0 Å². The number of hydrogen-bond donors (Lipinski definition) is 4. The lowest BCUT2D eigenvalue weighted by molar-refractivity contribution is 0.0725. The summed E-state index contributed by atoms with van der Waals surface area (Å²) in [6.45, 7) is 6.01. The molecule has 1 unspecified atom stereocenters. The average molecular weight is 308 g/mol. The molecule has 1 aromatic heterocycles. The van der Waals surface area contributed by atoms with Gasteiger partial charge < -0.3 is 15.5 Å². The van der Waals surface area contributed by atoms with Crippen LogP contribution in [0, 0.1) is 0 Å². The maximum absolute atomic E-state index is 11.5. The van der Waals surface area contributed by atoms with Crippen LogP contribution in [0.25, 0.3) is 0 Å². The van der Waals surface area contributed by atoms with Crippen LogP contribution in [0.5, 0.6) is 0 Å². The molecule has 0 fully saturated rings. The van der Waals surface area contributed by atoms with Crippen LogP contribution in [0.2, 0.25) is 0 Å². The Bertz CT molecular complexity index is 597. The summed E-state index contributed by atoms with van der Waals surface area (Å²) in [6, 6.07) is 1.44. The molecule has 0 bridgehead atoms. The molecule has 8 nitrogen and oxygen atoms in total. The lowest BCUT2D eigenvalue weighted by atomic mass is 9.97. The third-order valence-electron chi connectivity index (χ3n) is 3.47. The maximum atomic E-state index is 11.5. The molecular formula is C14H20N4O4. The predicted molar refractivity (Wildman–Crippen MR) is 81.5 cm³/mol. The Morgan fingerprint density at radius 1 is 1.41 bits per heavy atom. The SMILES string of the molecule is CC(C)(C)N(C(=O)O)C1CNc2cc(NC(=O)O)cnc2C1. The summed E-state index contributed by atoms with van der Waals surface area (Å²) in [7, 11) is 0. The summed E-state index contributed by atoms with van der Waals surface area (Å²) < 4.78 is 0. The Balaban J connectivity index is 2.21. The van der Waals surface area contributed by atoms with Gasteiger partial charge in [0.2, 0.25) is 0 Å². The van der Waals surface area contributed by atoms with Crippen LogP contribution in [-0.2, 0) is 6.42 Å². The maximum Gasteiger partial charge on any atom is 0.409 e. The molecule has 1 atom stereocenters. The minimum absolute atomic E-state index is 0.226. The average Bonchev–Trinajstić information content (AvgIpc) is 2.36. The molecular weight excluding hydrogens is 288 g/mol. The Morgan fingerprint density at radius 3 is 2.64 bits per heavy atom. The van der Waals surface area contributed by atoms with Crippen molar-refractivity contribution in [1.29, 1.82) is 0 Å². The number of carbonyl (C=O) groups is 2. The van der Waals surface area contributed by atoms with Gasteiger partial charge >= 0.3 is 12.2 Å². The number of aromatic nitrogens is 1. The van der Waals surface area contributed by atoms with Crippen LogP contribution in [0.3, 0.4) is 0 Å². The fourth-order valence-electron chi connectivity index (χ4n) is 2.70.